The maximum Gasteiger partial charge on any atom is 0.0417 e. The first-order chi connectivity index (χ1) is 8.17. The summed E-state index contributed by atoms with van der Waals surface area (Å²) in [4.78, 5) is 2.28. The number of hydrogen-bond donors (Lipinski definition) is 1. The van der Waals surface area contributed by atoms with E-state index in [9.17, 15) is 0 Å². The predicted octanol–water partition coefficient (Wildman–Crippen LogP) is 4.71. The van der Waals surface area contributed by atoms with Crippen LogP contribution in [-0.2, 0) is 6.54 Å². The lowest BCUT2D eigenvalue weighted by atomic mass is 10.2. The Morgan fingerprint density at radius 1 is 1.12 bits per heavy atom. The summed E-state index contributed by atoms with van der Waals surface area (Å²) in [5.41, 5.74) is 6.77. The summed E-state index contributed by atoms with van der Waals surface area (Å²) >= 11 is 11.1. The van der Waals surface area contributed by atoms with Crippen molar-refractivity contribution in [2.75, 3.05) is 0 Å². The van der Waals surface area contributed by atoms with Crippen molar-refractivity contribution in [2.45, 2.75) is 16.3 Å². The smallest absolute Gasteiger partial charge is 0.0417 e. The predicted molar refractivity (Wildman–Crippen MR) is 77.6 cm³/mol. The van der Waals surface area contributed by atoms with Crippen molar-refractivity contribution in [3.8, 4) is 0 Å². The molecule has 0 spiro atoms. The maximum atomic E-state index is 5.96. The minimum atomic E-state index is 0.544. The van der Waals surface area contributed by atoms with Gasteiger partial charge in [0.1, 0.15) is 0 Å². The van der Waals surface area contributed by atoms with Crippen molar-refractivity contribution >= 4 is 39.3 Å². The van der Waals surface area contributed by atoms with Gasteiger partial charge < -0.3 is 5.73 Å². The highest BCUT2D eigenvalue weighted by Gasteiger charge is 2.01. The van der Waals surface area contributed by atoms with E-state index in [2.05, 4.69) is 28.1 Å². The summed E-state index contributed by atoms with van der Waals surface area (Å²) < 4.78 is 1.05. The largest absolute Gasteiger partial charge is 0.326 e. The molecular formula is C13H11BrClNS. The van der Waals surface area contributed by atoms with Gasteiger partial charge in [-0.25, -0.2) is 0 Å². The molecule has 4 heteroatoms. The summed E-state index contributed by atoms with van der Waals surface area (Å²) in [6, 6.07) is 14.0. The summed E-state index contributed by atoms with van der Waals surface area (Å²) in [5.74, 6) is 0. The molecule has 0 aliphatic rings. The third kappa shape index (κ3) is 3.75. The topological polar surface area (TPSA) is 26.0 Å². The van der Waals surface area contributed by atoms with Crippen molar-refractivity contribution in [3.63, 3.8) is 0 Å². The van der Waals surface area contributed by atoms with E-state index in [4.69, 9.17) is 17.3 Å². The van der Waals surface area contributed by atoms with Gasteiger partial charge in [-0.15, -0.1) is 0 Å². The molecule has 0 atom stereocenters. The second kappa shape index (κ2) is 5.91. The fourth-order valence-electron chi connectivity index (χ4n) is 1.46. The van der Waals surface area contributed by atoms with Gasteiger partial charge in [0.2, 0.25) is 0 Å². The fraction of sp³-hybridized carbons (Fsp3) is 0.0769. The van der Waals surface area contributed by atoms with E-state index in [0.717, 1.165) is 24.8 Å². The van der Waals surface area contributed by atoms with Gasteiger partial charge in [0, 0.05) is 25.8 Å². The Balaban J connectivity index is 2.26. The zero-order valence-corrected chi connectivity index (χ0v) is 12.1. The molecular weight excluding hydrogens is 318 g/mol. The maximum absolute atomic E-state index is 5.96. The van der Waals surface area contributed by atoms with Crippen LogP contribution in [0.25, 0.3) is 0 Å². The van der Waals surface area contributed by atoms with Gasteiger partial charge in [-0.05, 0) is 42.0 Å². The minimum absolute atomic E-state index is 0.544. The van der Waals surface area contributed by atoms with E-state index < -0.39 is 0 Å². The van der Waals surface area contributed by atoms with Gasteiger partial charge in [-0.3, -0.25) is 0 Å². The van der Waals surface area contributed by atoms with Crippen LogP contribution in [-0.4, -0.2) is 0 Å². The summed E-state index contributed by atoms with van der Waals surface area (Å²) in [6.45, 7) is 0.544. The number of benzene rings is 2. The van der Waals surface area contributed by atoms with Gasteiger partial charge >= 0.3 is 0 Å². The fourth-order valence-corrected chi connectivity index (χ4v) is 3.41. The molecule has 0 amide bonds. The average molecular weight is 329 g/mol. The highest BCUT2D eigenvalue weighted by atomic mass is 79.9. The Bertz CT molecular complexity index is 531. The summed E-state index contributed by atoms with van der Waals surface area (Å²) in [7, 11) is 0. The zero-order valence-electron chi connectivity index (χ0n) is 8.99. The molecule has 17 heavy (non-hydrogen) atoms. The lowest BCUT2D eigenvalue weighted by Gasteiger charge is -2.05. The van der Waals surface area contributed by atoms with Gasteiger partial charge in [-0.2, -0.15) is 0 Å². The van der Waals surface area contributed by atoms with Crippen molar-refractivity contribution in [1.29, 1.82) is 0 Å². The molecule has 0 saturated heterocycles. The van der Waals surface area contributed by atoms with Crippen LogP contribution in [0.15, 0.2) is 56.7 Å². The van der Waals surface area contributed by atoms with Crippen LogP contribution in [0.1, 0.15) is 5.56 Å². The number of hydrogen-bond acceptors (Lipinski definition) is 2. The first-order valence-electron chi connectivity index (χ1n) is 5.10. The molecule has 0 fully saturated rings. The normalized spacial score (nSPS) is 10.5. The third-order valence-corrected chi connectivity index (χ3v) is 3.85. The molecule has 2 N–H and O–H groups in total. The second-order valence-corrected chi connectivity index (χ2v) is 6.06. The SMILES string of the molecule is NCc1cc(Br)cc(Sc2cccc(Cl)c2)c1. The van der Waals surface area contributed by atoms with E-state index >= 15 is 0 Å². The van der Waals surface area contributed by atoms with Crippen molar-refractivity contribution in [3.05, 3.63) is 57.5 Å². The molecule has 0 saturated carbocycles. The van der Waals surface area contributed by atoms with Crippen LogP contribution >= 0.6 is 39.3 Å². The van der Waals surface area contributed by atoms with Crippen LogP contribution in [0.5, 0.6) is 0 Å². The van der Waals surface area contributed by atoms with E-state index in [0.29, 0.717) is 6.54 Å². The van der Waals surface area contributed by atoms with Gasteiger partial charge in [0.25, 0.3) is 0 Å². The molecule has 2 aromatic rings. The Labute approximate surface area is 118 Å². The standard InChI is InChI=1S/C13H11BrClNS/c14-10-4-9(8-16)5-13(6-10)17-12-3-1-2-11(15)7-12/h1-7H,8,16H2. The molecule has 1 nitrogen and oxygen atoms in total. The third-order valence-electron chi connectivity index (χ3n) is 2.20. The molecule has 2 rings (SSSR count). The first kappa shape index (κ1) is 13.0. The second-order valence-electron chi connectivity index (χ2n) is 3.56. The number of rotatable bonds is 3. The molecule has 0 bridgehead atoms. The van der Waals surface area contributed by atoms with E-state index in [1.165, 1.54) is 0 Å². The zero-order chi connectivity index (χ0) is 12.3. The van der Waals surface area contributed by atoms with Crippen LogP contribution in [0.3, 0.4) is 0 Å². The number of halogens is 2. The van der Waals surface area contributed by atoms with Crippen molar-refractivity contribution < 1.29 is 0 Å². The Morgan fingerprint density at radius 3 is 2.65 bits per heavy atom. The lowest BCUT2D eigenvalue weighted by Crippen LogP contribution is -1.96. The number of nitrogens with two attached hydrogens (primary N) is 1. The molecule has 0 aliphatic heterocycles. The molecule has 0 radical (unpaired) electrons. The van der Waals surface area contributed by atoms with Crippen LogP contribution in [0, 0.1) is 0 Å². The summed E-state index contributed by atoms with van der Waals surface area (Å²) in [5, 5.41) is 0.754. The quantitative estimate of drug-likeness (QED) is 0.883. The minimum Gasteiger partial charge on any atom is -0.326 e. The van der Waals surface area contributed by atoms with E-state index in [1.807, 2.05) is 30.3 Å². The average Bonchev–Trinajstić information content (AvgIpc) is 2.28. The first-order valence-corrected chi connectivity index (χ1v) is 7.09. The van der Waals surface area contributed by atoms with Crippen LogP contribution < -0.4 is 5.73 Å². The lowest BCUT2D eigenvalue weighted by molar-refractivity contribution is 1.06. The molecule has 2 aromatic carbocycles. The van der Waals surface area contributed by atoms with Gasteiger partial charge in [0.15, 0.2) is 0 Å². The molecule has 88 valence electrons. The van der Waals surface area contributed by atoms with E-state index in [-0.39, 0.29) is 0 Å². The highest BCUT2D eigenvalue weighted by Crippen LogP contribution is 2.31. The van der Waals surface area contributed by atoms with Crippen LogP contribution in [0.4, 0.5) is 0 Å². The van der Waals surface area contributed by atoms with Gasteiger partial charge in [-0.1, -0.05) is 45.4 Å². The molecule has 0 aliphatic carbocycles. The monoisotopic (exact) mass is 327 g/mol. The highest BCUT2D eigenvalue weighted by molar-refractivity contribution is 9.10. The van der Waals surface area contributed by atoms with E-state index in [1.54, 1.807) is 11.8 Å². The Hall–Kier alpha value is -0.480. The molecule has 0 unspecified atom stereocenters. The van der Waals surface area contributed by atoms with Crippen molar-refractivity contribution in [1.82, 2.24) is 0 Å². The van der Waals surface area contributed by atoms with Gasteiger partial charge in [0.05, 0.1) is 0 Å². The Kier molecular flexibility index (Phi) is 4.51. The molecule has 0 aromatic heterocycles. The Morgan fingerprint density at radius 2 is 1.94 bits per heavy atom. The van der Waals surface area contributed by atoms with Crippen molar-refractivity contribution in [2.24, 2.45) is 5.73 Å². The molecule has 0 heterocycles. The summed E-state index contributed by atoms with van der Waals surface area (Å²) in [6.07, 6.45) is 0. The van der Waals surface area contributed by atoms with Crippen LogP contribution in [0.2, 0.25) is 5.02 Å².